The molecule has 0 radical (unpaired) electrons. The summed E-state index contributed by atoms with van der Waals surface area (Å²) in [6.07, 6.45) is 4.40. The van der Waals surface area contributed by atoms with Crippen LogP contribution >= 0.6 is 0 Å². The Morgan fingerprint density at radius 3 is 2.74 bits per heavy atom. The van der Waals surface area contributed by atoms with Crippen LogP contribution in [-0.4, -0.2) is 54.4 Å². The number of carbonyl (C=O) groups excluding carboxylic acids is 1. The molecule has 19 heavy (non-hydrogen) atoms. The minimum absolute atomic E-state index is 0.132. The molecule has 2 aliphatic rings. The maximum Gasteiger partial charge on any atom is 0.317 e. The van der Waals surface area contributed by atoms with Gasteiger partial charge in [-0.05, 0) is 32.1 Å². The molecule has 0 aromatic heterocycles. The minimum atomic E-state index is -0.808. The van der Waals surface area contributed by atoms with Gasteiger partial charge in [0.25, 0.3) is 0 Å². The van der Waals surface area contributed by atoms with Gasteiger partial charge in [0.1, 0.15) is 0 Å². The van der Waals surface area contributed by atoms with E-state index in [0.717, 1.165) is 25.7 Å². The number of carboxylic acid groups (broad SMARTS) is 1. The Hall–Kier alpha value is -1.30. The third-order valence-corrected chi connectivity index (χ3v) is 4.10. The van der Waals surface area contributed by atoms with Crippen molar-refractivity contribution < 1.29 is 19.4 Å². The zero-order chi connectivity index (χ0) is 13.8. The lowest BCUT2D eigenvalue weighted by molar-refractivity contribution is -0.143. The number of nitrogens with one attached hydrogen (secondary N) is 1. The number of likely N-dealkylation sites (tertiary alicyclic amines) is 1. The predicted octanol–water partition coefficient (Wildman–Crippen LogP) is 1.06. The Morgan fingerprint density at radius 1 is 1.32 bits per heavy atom. The first-order valence-electron chi connectivity index (χ1n) is 6.91. The van der Waals surface area contributed by atoms with Crippen LogP contribution in [0.3, 0.4) is 0 Å². The van der Waals surface area contributed by atoms with E-state index >= 15 is 0 Å². The van der Waals surface area contributed by atoms with Gasteiger partial charge >= 0.3 is 12.0 Å². The van der Waals surface area contributed by atoms with Crippen molar-refractivity contribution in [3.8, 4) is 0 Å². The quantitative estimate of drug-likeness (QED) is 0.803. The molecular formula is C13H22N2O4. The monoisotopic (exact) mass is 270 g/mol. The molecule has 1 heterocycles. The van der Waals surface area contributed by atoms with Gasteiger partial charge in [0.15, 0.2) is 0 Å². The van der Waals surface area contributed by atoms with Crippen molar-refractivity contribution in [3.63, 3.8) is 0 Å². The van der Waals surface area contributed by atoms with Crippen LogP contribution in [0.1, 0.15) is 32.1 Å². The van der Waals surface area contributed by atoms with E-state index in [1.54, 1.807) is 12.0 Å². The Labute approximate surface area is 113 Å². The second kappa shape index (κ2) is 6.23. The van der Waals surface area contributed by atoms with Gasteiger partial charge in [-0.1, -0.05) is 0 Å². The van der Waals surface area contributed by atoms with Crippen molar-refractivity contribution in [1.82, 2.24) is 10.2 Å². The lowest BCUT2D eigenvalue weighted by Gasteiger charge is -2.31. The fraction of sp³-hybridized carbons (Fsp3) is 0.846. The molecule has 0 spiro atoms. The van der Waals surface area contributed by atoms with Crippen LogP contribution in [0, 0.1) is 5.92 Å². The van der Waals surface area contributed by atoms with Crippen molar-refractivity contribution in [2.45, 2.75) is 44.2 Å². The smallest absolute Gasteiger partial charge is 0.317 e. The highest BCUT2D eigenvalue weighted by Gasteiger charge is 2.31. The van der Waals surface area contributed by atoms with Gasteiger partial charge in [0, 0.05) is 26.2 Å². The van der Waals surface area contributed by atoms with Gasteiger partial charge in [-0.2, -0.15) is 0 Å². The van der Waals surface area contributed by atoms with Crippen LogP contribution in [0.25, 0.3) is 0 Å². The van der Waals surface area contributed by atoms with Crippen molar-refractivity contribution >= 4 is 12.0 Å². The van der Waals surface area contributed by atoms with E-state index in [2.05, 4.69) is 5.32 Å². The summed E-state index contributed by atoms with van der Waals surface area (Å²) in [4.78, 5) is 24.7. The number of carbonyl (C=O) groups is 2. The molecule has 6 nitrogen and oxygen atoms in total. The molecule has 2 amide bonds. The molecule has 3 atom stereocenters. The normalized spacial score (nSPS) is 31.2. The van der Waals surface area contributed by atoms with E-state index in [-0.39, 0.29) is 18.2 Å². The standard InChI is InChI=1S/C13H22N2O4/c1-19-11-5-4-10(7-11)14-13(18)15-6-2-3-9(8-15)12(16)17/h9-11H,2-8H2,1H3,(H,14,18)(H,16,17)/t9-,10?,11?/m1/s1. The Morgan fingerprint density at radius 2 is 2.11 bits per heavy atom. The molecule has 0 aromatic rings. The predicted molar refractivity (Wildman–Crippen MR) is 68.9 cm³/mol. The van der Waals surface area contributed by atoms with E-state index in [1.807, 2.05) is 0 Å². The SMILES string of the molecule is COC1CCC(NC(=O)N2CCC[C@@H](C(=O)O)C2)C1. The van der Waals surface area contributed by atoms with E-state index in [9.17, 15) is 9.59 Å². The lowest BCUT2D eigenvalue weighted by atomic mass is 9.99. The number of ether oxygens (including phenoxy) is 1. The van der Waals surface area contributed by atoms with Gasteiger partial charge in [-0.25, -0.2) is 4.79 Å². The zero-order valence-corrected chi connectivity index (χ0v) is 11.3. The molecule has 1 saturated heterocycles. The summed E-state index contributed by atoms with van der Waals surface area (Å²) in [6, 6.07) is 0.0235. The summed E-state index contributed by atoms with van der Waals surface area (Å²) in [7, 11) is 1.69. The van der Waals surface area contributed by atoms with Crippen molar-refractivity contribution in [2.24, 2.45) is 5.92 Å². The van der Waals surface area contributed by atoms with Gasteiger partial charge < -0.3 is 20.1 Å². The Balaban J connectivity index is 1.81. The number of hydrogen-bond acceptors (Lipinski definition) is 3. The molecule has 2 rings (SSSR count). The Bertz CT molecular complexity index is 348. The second-order valence-electron chi connectivity index (χ2n) is 5.44. The summed E-state index contributed by atoms with van der Waals surface area (Å²) >= 11 is 0. The van der Waals surface area contributed by atoms with Crippen LogP contribution in [0.4, 0.5) is 4.79 Å². The number of carboxylic acids is 1. The fourth-order valence-electron chi connectivity index (χ4n) is 2.91. The number of aliphatic carboxylic acids is 1. The van der Waals surface area contributed by atoms with Crippen molar-refractivity contribution in [3.05, 3.63) is 0 Å². The molecule has 0 bridgehead atoms. The molecule has 1 aliphatic carbocycles. The van der Waals surface area contributed by atoms with Crippen LogP contribution in [0.15, 0.2) is 0 Å². The summed E-state index contributed by atoms with van der Waals surface area (Å²) in [5.74, 6) is -1.23. The summed E-state index contributed by atoms with van der Waals surface area (Å²) in [6.45, 7) is 0.970. The molecule has 2 fully saturated rings. The summed E-state index contributed by atoms with van der Waals surface area (Å²) in [5, 5.41) is 12.0. The zero-order valence-electron chi connectivity index (χ0n) is 11.3. The molecule has 2 unspecified atom stereocenters. The lowest BCUT2D eigenvalue weighted by Crippen LogP contribution is -2.49. The van der Waals surface area contributed by atoms with Crippen LogP contribution in [0.2, 0.25) is 0 Å². The van der Waals surface area contributed by atoms with E-state index in [0.29, 0.717) is 19.5 Å². The maximum absolute atomic E-state index is 12.1. The van der Waals surface area contributed by atoms with Gasteiger partial charge in [-0.3, -0.25) is 4.79 Å². The van der Waals surface area contributed by atoms with Crippen molar-refractivity contribution in [1.29, 1.82) is 0 Å². The molecule has 108 valence electrons. The molecular weight excluding hydrogens is 248 g/mol. The van der Waals surface area contributed by atoms with E-state index < -0.39 is 11.9 Å². The number of piperidine rings is 1. The molecule has 2 N–H and O–H groups in total. The molecule has 1 aliphatic heterocycles. The fourth-order valence-corrected chi connectivity index (χ4v) is 2.91. The van der Waals surface area contributed by atoms with Crippen LogP contribution in [-0.2, 0) is 9.53 Å². The Kier molecular flexibility index (Phi) is 4.63. The maximum atomic E-state index is 12.1. The first-order valence-corrected chi connectivity index (χ1v) is 6.91. The number of methoxy groups -OCH3 is 1. The first-order chi connectivity index (χ1) is 9.10. The highest BCUT2D eigenvalue weighted by molar-refractivity contribution is 5.76. The summed E-state index contributed by atoms with van der Waals surface area (Å²) in [5.41, 5.74) is 0. The summed E-state index contributed by atoms with van der Waals surface area (Å²) < 4.78 is 5.27. The topological polar surface area (TPSA) is 78.9 Å². The van der Waals surface area contributed by atoms with Crippen LogP contribution in [0.5, 0.6) is 0 Å². The number of hydrogen-bond donors (Lipinski definition) is 2. The number of rotatable bonds is 3. The minimum Gasteiger partial charge on any atom is -0.481 e. The third-order valence-electron chi connectivity index (χ3n) is 4.10. The first kappa shape index (κ1) is 14.1. The van der Waals surface area contributed by atoms with Gasteiger partial charge in [-0.15, -0.1) is 0 Å². The second-order valence-corrected chi connectivity index (χ2v) is 5.44. The van der Waals surface area contributed by atoms with E-state index in [1.165, 1.54) is 0 Å². The highest BCUT2D eigenvalue weighted by Crippen LogP contribution is 2.22. The van der Waals surface area contributed by atoms with E-state index in [4.69, 9.17) is 9.84 Å². The number of urea groups is 1. The molecule has 0 aromatic carbocycles. The average Bonchev–Trinajstić information content (AvgIpc) is 2.86. The number of amides is 2. The molecule has 1 saturated carbocycles. The van der Waals surface area contributed by atoms with Gasteiger partial charge in [0.05, 0.1) is 12.0 Å². The third kappa shape index (κ3) is 3.59. The molecule has 6 heteroatoms. The average molecular weight is 270 g/mol. The largest absolute Gasteiger partial charge is 0.481 e. The highest BCUT2D eigenvalue weighted by atomic mass is 16.5. The van der Waals surface area contributed by atoms with Gasteiger partial charge in [0.2, 0.25) is 0 Å². The van der Waals surface area contributed by atoms with Crippen molar-refractivity contribution in [2.75, 3.05) is 20.2 Å². The number of nitrogens with zero attached hydrogens (tertiary/aromatic N) is 1. The van der Waals surface area contributed by atoms with Crippen LogP contribution < -0.4 is 5.32 Å².